The van der Waals surface area contributed by atoms with Crippen LogP contribution < -0.4 is 5.32 Å². The highest BCUT2D eigenvalue weighted by molar-refractivity contribution is 6.30. The summed E-state index contributed by atoms with van der Waals surface area (Å²) in [5.74, 6) is 0.751. The third kappa shape index (κ3) is 5.27. The molecule has 0 saturated carbocycles. The zero-order valence-electron chi connectivity index (χ0n) is 21.3. The van der Waals surface area contributed by atoms with E-state index in [2.05, 4.69) is 21.6 Å². The lowest BCUT2D eigenvalue weighted by Crippen LogP contribution is -2.07. The van der Waals surface area contributed by atoms with Crippen molar-refractivity contribution >= 4 is 34.0 Å². The molecule has 37 heavy (non-hydrogen) atoms. The van der Waals surface area contributed by atoms with Crippen LogP contribution in [0, 0.1) is 20.8 Å². The van der Waals surface area contributed by atoms with Crippen molar-refractivity contribution in [1.82, 2.24) is 19.9 Å². The Morgan fingerprint density at radius 3 is 2.62 bits per heavy atom. The largest absolute Gasteiger partial charge is 0.380 e. The highest BCUT2D eigenvalue weighted by atomic mass is 35.5. The lowest BCUT2D eigenvalue weighted by molar-refractivity contribution is 0.0978. The highest BCUT2D eigenvalue weighted by Gasteiger charge is 2.17. The number of Topliss-reactive ketones (excluding diaryl/α,β-unsaturated/α-hetero) is 1. The van der Waals surface area contributed by atoms with Crippen LogP contribution in [0.25, 0.3) is 22.0 Å². The molecule has 0 fully saturated rings. The molecule has 0 aliphatic heterocycles. The van der Waals surface area contributed by atoms with Gasteiger partial charge >= 0.3 is 0 Å². The zero-order valence-corrected chi connectivity index (χ0v) is 22.1. The van der Waals surface area contributed by atoms with E-state index in [1.54, 1.807) is 4.68 Å². The SMILES string of the molecule is Cc1nn(C)cc1CCC(=O)c1cc(NCc2cccc(Cl)c2)c2cc(-c3c(C)noc3C)ccc2n1. The number of ketones is 1. The summed E-state index contributed by atoms with van der Waals surface area (Å²) in [6.07, 6.45) is 2.94. The number of fused-ring (bicyclic) bond motifs is 1. The Morgan fingerprint density at radius 2 is 1.92 bits per heavy atom. The second-order valence-corrected chi connectivity index (χ2v) is 9.74. The van der Waals surface area contributed by atoms with Crippen LogP contribution in [0.15, 0.2) is 59.3 Å². The summed E-state index contributed by atoms with van der Waals surface area (Å²) in [6, 6.07) is 15.6. The van der Waals surface area contributed by atoms with Crippen molar-refractivity contribution in [2.75, 3.05) is 5.32 Å². The van der Waals surface area contributed by atoms with Crippen LogP contribution in [0.4, 0.5) is 5.69 Å². The van der Waals surface area contributed by atoms with Gasteiger partial charge in [-0.1, -0.05) is 35.0 Å². The van der Waals surface area contributed by atoms with Crippen LogP contribution in [0.3, 0.4) is 0 Å². The van der Waals surface area contributed by atoms with Crippen molar-refractivity contribution in [3.05, 3.63) is 93.7 Å². The number of carbonyl (C=O) groups excluding carboxylic acids is 1. The first-order chi connectivity index (χ1) is 17.8. The van der Waals surface area contributed by atoms with Crippen LogP contribution in [-0.2, 0) is 20.0 Å². The third-order valence-electron chi connectivity index (χ3n) is 6.52. The Labute approximate surface area is 220 Å². The minimum atomic E-state index is -0.00856. The second-order valence-electron chi connectivity index (χ2n) is 9.31. The number of rotatable bonds is 8. The summed E-state index contributed by atoms with van der Waals surface area (Å²) < 4.78 is 7.16. The van der Waals surface area contributed by atoms with Crippen molar-refractivity contribution in [3.8, 4) is 11.1 Å². The molecule has 0 aliphatic carbocycles. The topological polar surface area (TPSA) is 85.8 Å². The number of nitrogens with zero attached hydrogens (tertiary/aromatic N) is 4. The van der Waals surface area contributed by atoms with E-state index < -0.39 is 0 Å². The molecule has 5 rings (SSSR count). The van der Waals surface area contributed by atoms with E-state index >= 15 is 0 Å². The predicted octanol–water partition coefficient (Wildman–Crippen LogP) is 6.63. The fourth-order valence-corrected chi connectivity index (χ4v) is 4.89. The van der Waals surface area contributed by atoms with E-state index in [9.17, 15) is 4.79 Å². The van der Waals surface area contributed by atoms with Gasteiger partial charge in [-0.25, -0.2) is 4.98 Å². The van der Waals surface area contributed by atoms with Gasteiger partial charge in [0.25, 0.3) is 0 Å². The molecular formula is C29H28ClN5O2. The lowest BCUT2D eigenvalue weighted by atomic mass is 10.00. The second kappa shape index (κ2) is 10.2. The molecule has 1 N–H and O–H groups in total. The number of anilines is 1. The molecule has 5 aromatic rings. The first kappa shape index (κ1) is 24.7. The summed E-state index contributed by atoms with van der Waals surface area (Å²) in [4.78, 5) is 18.0. The predicted molar refractivity (Wildman–Crippen MR) is 146 cm³/mol. The van der Waals surface area contributed by atoms with Gasteiger partial charge in [0.05, 0.1) is 16.9 Å². The smallest absolute Gasteiger partial charge is 0.181 e. The standard InChI is InChI=1S/C29H28ClN5O2/c1-17-22(16-35(4)33-17)9-11-28(36)27-14-26(31-15-20-6-5-7-23(30)12-20)24-13-21(8-10-25(24)32-27)29-18(2)34-37-19(29)3/h5-8,10,12-14,16H,9,11,15H2,1-4H3,(H,31,32). The molecule has 0 aliphatic rings. The molecule has 3 heterocycles. The van der Waals surface area contributed by atoms with Crippen molar-refractivity contribution in [3.63, 3.8) is 0 Å². The molecule has 0 unspecified atom stereocenters. The van der Waals surface area contributed by atoms with Crippen molar-refractivity contribution in [2.24, 2.45) is 7.05 Å². The number of aryl methyl sites for hydroxylation is 5. The van der Waals surface area contributed by atoms with Gasteiger partial charge in [0, 0.05) is 47.9 Å². The summed E-state index contributed by atoms with van der Waals surface area (Å²) in [7, 11) is 1.89. The minimum absolute atomic E-state index is 0.00856. The van der Waals surface area contributed by atoms with Crippen molar-refractivity contribution in [1.29, 1.82) is 0 Å². The molecule has 0 atom stereocenters. The van der Waals surface area contributed by atoms with Gasteiger partial charge in [0.15, 0.2) is 5.78 Å². The van der Waals surface area contributed by atoms with Gasteiger partial charge in [-0.2, -0.15) is 5.10 Å². The van der Waals surface area contributed by atoms with Gasteiger partial charge < -0.3 is 9.84 Å². The Bertz CT molecular complexity index is 1600. The zero-order chi connectivity index (χ0) is 26.1. The van der Waals surface area contributed by atoms with Gasteiger partial charge in [-0.3, -0.25) is 9.48 Å². The Hall–Kier alpha value is -3.97. The normalized spacial score (nSPS) is 11.3. The Kier molecular flexibility index (Phi) is 6.80. The lowest BCUT2D eigenvalue weighted by Gasteiger charge is -2.13. The Morgan fingerprint density at radius 1 is 1.08 bits per heavy atom. The highest BCUT2D eigenvalue weighted by Crippen LogP contribution is 2.33. The maximum atomic E-state index is 13.2. The van der Waals surface area contributed by atoms with Crippen molar-refractivity contribution < 1.29 is 9.32 Å². The summed E-state index contributed by atoms with van der Waals surface area (Å²) in [5, 5.41) is 13.6. The van der Waals surface area contributed by atoms with Gasteiger partial charge in [-0.15, -0.1) is 0 Å². The monoisotopic (exact) mass is 513 g/mol. The Balaban J connectivity index is 1.51. The van der Waals surface area contributed by atoms with E-state index in [1.807, 2.05) is 76.5 Å². The van der Waals surface area contributed by atoms with Crippen LogP contribution in [0.2, 0.25) is 5.02 Å². The molecule has 7 nitrogen and oxygen atoms in total. The summed E-state index contributed by atoms with van der Waals surface area (Å²) in [6.45, 7) is 6.35. The first-order valence-electron chi connectivity index (χ1n) is 12.2. The van der Waals surface area contributed by atoms with Crippen LogP contribution in [0.1, 0.15) is 45.2 Å². The molecule has 0 amide bonds. The number of hydrogen-bond donors (Lipinski definition) is 1. The number of carbonyl (C=O) groups is 1. The summed E-state index contributed by atoms with van der Waals surface area (Å²) in [5.41, 5.74) is 7.85. The molecule has 0 radical (unpaired) electrons. The van der Waals surface area contributed by atoms with Crippen LogP contribution in [0.5, 0.6) is 0 Å². The van der Waals surface area contributed by atoms with E-state index in [0.29, 0.717) is 30.1 Å². The third-order valence-corrected chi connectivity index (χ3v) is 6.76. The molecule has 8 heteroatoms. The van der Waals surface area contributed by atoms with E-state index in [1.165, 1.54) is 0 Å². The number of halogens is 1. The quantitative estimate of drug-likeness (QED) is 0.234. The van der Waals surface area contributed by atoms with E-state index in [-0.39, 0.29) is 5.78 Å². The molecule has 188 valence electrons. The molecular weight excluding hydrogens is 486 g/mol. The number of benzene rings is 2. The molecule has 0 saturated heterocycles. The summed E-state index contributed by atoms with van der Waals surface area (Å²) >= 11 is 6.19. The van der Waals surface area contributed by atoms with Gasteiger partial charge in [-0.05, 0) is 74.2 Å². The van der Waals surface area contributed by atoms with Gasteiger partial charge in [0.2, 0.25) is 0 Å². The molecule has 0 spiro atoms. The number of hydrogen-bond acceptors (Lipinski definition) is 6. The number of pyridine rings is 1. The van der Waals surface area contributed by atoms with Crippen LogP contribution >= 0.6 is 11.6 Å². The fourth-order valence-electron chi connectivity index (χ4n) is 4.68. The van der Waals surface area contributed by atoms with Crippen LogP contribution in [-0.4, -0.2) is 25.7 Å². The number of aromatic nitrogens is 4. The fraction of sp³-hybridized carbons (Fsp3) is 0.241. The van der Waals surface area contributed by atoms with Crippen molar-refractivity contribution in [2.45, 2.75) is 40.2 Å². The van der Waals surface area contributed by atoms with E-state index in [0.717, 1.165) is 56.0 Å². The average molecular weight is 514 g/mol. The number of nitrogens with one attached hydrogen (secondary N) is 1. The maximum absolute atomic E-state index is 13.2. The molecule has 2 aromatic carbocycles. The molecule has 0 bridgehead atoms. The van der Waals surface area contributed by atoms with E-state index in [4.69, 9.17) is 21.1 Å². The average Bonchev–Trinajstić information content (AvgIpc) is 3.39. The van der Waals surface area contributed by atoms with Gasteiger partial charge in [0.1, 0.15) is 11.5 Å². The maximum Gasteiger partial charge on any atom is 0.181 e. The minimum Gasteiger partial charge on any atom is -0.380 e. The molecule has 3 aromatic heterocycles. The first-order valence-corrected chi connectivity index (χ1v) is 12.5.